The van der Waals surface area contributed by atoms with Crippen LogP contribution in [0.15, 0.2) is 29.2 Å². The first-order valence-electron chi connectivity index (χ1n) is 5.24. The van der Waals surface area contributed by atoms with E-state index in [9.17, 15) is 8.42 Å². The van der Waals surface area contributed by atoms with Gasteiger partial charge in [-0.25, -0.2) is 13.1 Å². The van der Waals surface area contributed by atoms with Crippen LogP contribution in [-0.2, 0) is 10.0 Å². The molecule has 0 radical (unpaired) electrons. The van der Waals surface area contributed by atoms with Crippen molar-refractivity contribution in [2.24, 2.45) is 5.41 Å². The van der Waals surface area contributed by atoms with Gasteiger partial charge >= 0.3 is 0 Å². The predicted octanol–water partition coefficient (Wildman–Crippen LogP) is 1.88. The minimum Gasteiger partial charge on any atom is -0.211 e. The van der Waals surface area contributed by atoms with Crippen molar-refractivity contribution in [3.8, 4) is 6.07 Å². The van der Waals surface area contributed by atoms with Crippen molar-refractivity contribution in [2.45, 2.75) is 25.7 Å². The number of rotatable bonds is 3. The van der Waals surface area contributed by atoms with Crippen LogP contribution >= 0.6 is 0 Å². The standard InChI is InChI=1S/C12H16N2O2S/c1-12(2,3)9-14-17(15,16)11-6-4-10(8-13)5-7-11/h4-7,14H,9H2,1-3H3. The topological polar surface area (TPSA) is 70.0 Å². The highest BCUT2D eigenvalue weighted by Gasteiger charge is 2.18. The Balaban J connectivity index is 2.87. The molecule has 0 aliphatic carbocycles. The zero-order valence-electron chi connectivity index (χ0n) is 10.2. The van der Waals surface area contributed by atoms with Crippen molar-refractivity contribution in [3.63, 3.8) is 0 Å². The highest BCUT2D eigenvalue weighted by atomic mass is 32.2. The molecule has 1 aromatic rings. The van der Waals surface area contributed by atoms with Gasteiger partial charge in [0.25, 0.3) is 0 Å². The van der Waals surface area contributed by atoms with E-state index in [1.165, 1.54) is 24.3 Å². The second-order valence-electron chi connectivity index (χ2n) is 5.02. The Morgan fingerprint density at radius 1 is 1.24 bits per heavy atom. The molecule has 0 saturated heterocycles. The lowest BCUT2D eigenvalue weighted by Gasteiger charge is -2.18. The van der Waals surface area contributed by atoms with Crippen molar-refractivity contribution in [1.29, 1.82) is 5.26 Å². The van der Waals surface area contributed by atoms with E-state index in [4.69, 9.17) is 5.26 Å². The van der Waals surface area contributed by atoms with Crippen LogP contribution in [-0.4, -0.2) is 15.0 Å². The summed E-state index contributed by atoms with van der Waals surface area (Å²) in [6.45, 7) is 6.23. The van der Waals surface area contributed by atoms with Crippen LogP contribution in [0.5, 0.6) is 0 Å². The third-order valence-corrected chi connectivity index (χ3v) is 3.50. The number of hydrogen-bond acceptors (Lipinski definition) is 3. The smallest absolute Gasteiger partial charge is 0.211 e. The number of nitrogens with one attached hydrogen (secondary N) is 1. The molecule has 17 heavy (non-hydrogen) atoms. The van der Waals surface area contributed by atoms with Gasteiger partial charge in [0.15, 0.2) is 0 Å². The predicted molar refractivity (Wildman–Crippen MR) is 65.8 cm³/mol. The third-order valence-electron chi connectivity index (χ3n) is 2.09. The Morgan fingerprint density at radius 2 is 1.76 bits per heavy atom. The quantitative estimate of drug-likeness (QED) is 0.893. The van der Waals surface area contributed by atoms with Crippen LogP contribution in [0.1, 0.15) is 26.3 Å². The SMILES string of the molecule is CC(C)(C)CNS(=O)(=O)c1ccc(C#N)cc1. The van der Waals surface area contributed by atoms with Crippen LogP contribution in [0.3, 0.4) is 0 Å². The van der Waals surface area contributed by atoms with E-state index in [1.54, 1.807) is 0 Å². The Labute approximate surface area is 102 Å². The molecule has 0 aromatic heterocycles. The molecule has 1 N–H and O–H groups in total. The van der Waals surface area contributed by atoms with Crippen LogP contribution in [0, 0.1) is 16.7 Å². The van der Waals surface area contributed by atoms with Crippen LogP contribution in [0.4, 0.5) is 0 Å². The van der Waals surface area contributed by atoms with Crippen molar-refractivity contribution in [2.75, 3.05) is 6.54 Å². The summed E-state index contributed by atoms with van der Waals surface area (Å²) in [5.74, 6) is 0. The van der Waals surface area contributed by atoms with Crippen LogP contribution in [0.2, 0.25) is 0 Å². The lowest BCUT2D eigenvalue weighted by atomic mass is 9.98. The van der Waals surface area contributed by atoms with E-state index >= 15 is 0 Å². The lowest BCUT2D eigenvalue weighted by molar-refractivity contribution is 0.407. The first-order chi connectivity index (χ1) is 7.74. The second kappa shape index (κ2) is 4.86. The Kier molecular flexibility index (Phi) is 3.91. The normalized spacial score (nSPS) is 12.1. The Bertz CT molecular complexity index is 519. The first-order valence-corrected chi connectivity index (χ1v) is 6.73. The highest BCUT2D eigenvalue weighted by Crippen LogP contribution is 2.14. The lowest BCUT2D eigenvalue weighted by Crippen LogP contribution is -2.32. The molecule has 0 spiro atoms. The highest BCUT2D eigenvalue weighted by molar-refractivity contribution is 7.89. The van der Waals surface area contributed by atoms with Crippen molar-refractivity contribution in [3.05, 3.63) is 29.8 Å². The summed E-state index contributed by atoms with van der Waals surface area (Å²) in [5.41, 5.74) is 0.333. The summed E-state index contributed by atoms with van der Waals surface area (Å²) in [7, 11) is -3.48. The van der Waals surface area contributed by atoms with Crippen LogP contribution in [0.25, 0.3) is 0 Å². The summed E-state index contributed by atoms with van der Waals surface area (Å²) in [5, 5.41) is 8.63. The van der Waals surface area contributed by atoms with Crippen LogP contribution < -0.4 is 4.72 Å². The molecule has 0 fully saturated rings. The molecule has 0 amide bonds. The van der Waals surface area contributed by atoms with E-state index < -0.39 is 10.0 Å². The van der Waals surface area contributed by atoms with Gasteiger partial charge in [0.2, 0.25) is 10.0 Å². The Hall–Kier alpha value is -1.38. The number of benzene rings is 1. The molecule has 92 valence electrons. The molecule has 0 aliphatic heterocycles. The maximum atomic E-state index is 11.9. The van der Waals surface area contributed by atoms with Gasteiger partial charge in [-0.1, -0.05) is 20.8 Å². The van der Waals surface area contributed by atoms with Gasteiger partial charge in [-0.15, -0.1) is 0 Å². The van der Waals surface area contributed by atoms with E-state index in [2.05, 4.69) is 4.72 Å². The van der Waals surface area contributed by atoms with Gasteiger partial charge in [0.05, 0.1) is 16.5 Å². The number of nitriles is 1. The Morgan fingerprint density at radius 3 is 2.18 bits per heavy atom. The van der Waals surface area contributed by atoms with Crippen molar-refractivity contribution >= 4 is 10.0 Å². The molecule has 1 aromatic carbocycles. The molecular weight excluding hydrogens is 236 g/mol. The average molecular weight is 252 g/mol. The molecule has 0 bridgehead atoms. The maximum absolute atomic E-state index is 11.9. The molecule has 1 rings (SSSR count). The fourth-order valence-electron chi connectivity index (χ4n) is 1.10. The molecule has 5 heteroatoms. The third kappa shape index (κ3) is 4.17. The average Bonchev–Trinajstić information content (AvgIpc) is 2.26. The summed E-state index contributed by atoms with van der Waals surface area (Å²) in [4.78, 5) is 0.181. The molecule has 0 aliphatic rings. The number of hydrogen-bond donors (Lipinski definition) is 1. The minimum atomic E-state index is -3.48. The van der Waals surface area contributed by atoms with Gasteiger partial charge in [-0.2, -0.15) is 5.26 Å². The second-order valence-corrected chi connectivity index (χ2v) is 6.79. The number of nitrogens with zero attached hydrogens (tertiary/aromatic N) is 1. The fourth-order valence-corrected chi connectivity index (χ4v) is 2.39. The summed E-state index contributed by atoms with van der Waals surface area (Å²) < 4.78 is 26.3. The van der Waals surface area contributed by atoms with E-state index in [1.807, 2.05) is 26.8 Å². The molecule has 0 unspecified atom stereocenters. The molecule has 0 saturated carbocycles. The maximum Gasteiger partial charge on any atom is 0.240 e. The molecule has 0 atom stereocenters. The molecule has 0 heterocycles. The zero-order valence-corrected chi connectivity index (χ0v) is 11.0. The zero-order chi connectivity index (χ0) is 13.1. The van der Waals surface area contributed by atoms with Gasteiger partial charge < -0.3 is 0 Å². The van der Waals surface area contributed by atoms with Gasteiger partial charge in [-0.3, -0.25) is 0 Å². The molecular formula is C12H16N2O2S. The fraction of sp³-hybridized carbons (Fsp3) is 0.417. The summed E-state index contributed by atoms with van der Waals surface area (Å²) >= 11 is 0. The van der Waals surface area contributed by atoms with E-state index in [-0.39, 0.29) is 10.3 Å². The first kappa shape index (κ1) is 13.7. The van der Waals surface area contributed by atoms with E-state index in [0.717, 1.165) is 0 Å². The molecule has 4 nitrogen and oxygen atoms in total. The van der Waals surface area contributed by atoms with Gasteiger partial charge in [0, 0.05) is 6.54 Å². The largest absolute Gasteiger partial charge is 0.240 e. The summed E-state index contributed by atoms with van der Waals surface area (Å²) in [6, 6.07) is 7.80. The minimum absolute atomic E-state index is 0.111. The van der Waals surface area contributed by atoms with E-state index in [0.29, 0.717) is 12.1 Å². The van der Waals surface area contributed by atoms with Gasteiger partial charge in [-0.05, 0) is 29.7 Å². The van der Waals surface area contributed by atoms with Crippen molar-refractivity contribution in [1.82, 2.24) is 4.72 Å². The summed E-state index contributed by atoms with van der Waals surface area (Å²) in [6.07, 6.45) is 0. The monoisotopic (exact) mass is 252 g/mol. The van der Waals surface area contributed by atoms with Crippen molar-refractivity contribution < 1.29 is 8.42 Å². The number of sulfonamides is 1. The van der Waals surface area contributed by atoms with Gasteiger partial charge in [0.1, 0.15) is 0 Å².